The van der Waals surface area contributed by atoms with Gasteiger partial charge in [0.15, 0.2) is 11.5 Å². The van der Waals surface area contributed by atoms with Gasteiger partial charge in [0.25, 0.3) is 5.91 Å². The van der Waals surface area contributed by atoms with Crippen molar-refractivity contribution in [3.63, 3.8) is 0 Å². The summed E-state index contributed by atoms with van der Waals surface area (Å²) in [5.74, 6) is 0.843. The van der Waals surface area contributed by atoms with Crippen molar-refractivity contribution in [1.82, 2.24) is 5.32 Å². The number of nitrogens with two attached hydrogens (primary N) is 1. The molecule has 0 spiro atoms. The third-order valence-corrected chi connectivity index (χ3v) is 3.22. The fourth-order valence-corrected chi connectivity index (χ4v) is 1.75. The minimum Gasteiger partial charge on any atom is -0.493 e. The van der Waals surface area contributed by atoms with Crippen LogP contribution >= 0.6 is 0 Å². The molecule has 2 rings (SSSR count). The largest absolute Gasteiger partial charge is 0.493 e. The van der Waals surface area contributed by atoms with E-state index in [1.54, 1.807) is 12.1 Å². The van der Waals surface area contributed by atoms with Crippen LogP contribution in [0.2, 0.25) is 0 Å². The predicted octanol–water partition coefficient (Wildman–Crippen LogP) is 1.57. The smallest absolute Gasteiger partial charge is 0.253 e. The number of amides is 1. The average Bonchev–Trinajstić information content (AvgIpc) is 3.05. The van der Waals surface area contributed by atoms with Gasteiger partial charge in [-0.2, -0.15) is 0 Å². The standard InChI is InChI=1S/C13H18N2O3/c1-13(4-5-13)15-12(16)8-6-10(17-2)11(18-3)7-9(8)14/h6-7H,4-5,14H2,1-3H3,(H,15,16). The fraction of sp³-hybridized carbons (Fsp3) is 0.462. The summed E-state index contributed by atoms with van der Waals surface area (Å²) in [6, 6.07) is 3.21. The highest BCUT2D eigenvalue weighted by atomic mass is 16.5. The number of nitrogen functional groups attached to an aromatic ring is 1. The zero-order valence-electron chi connectivity index (χ0n) is 10.9. The average molecular weight is 250 g/mol. The first-order valence-corrected chi connectivity index (χ1v) is 5.83. The Labute approximate surface area is 106 Å². The summed E-state index contributed by atoms with van der Waals surface area (Å²) in [5.41, 5.74) is 6.59. The molecule has 0 unspecified atom stereocenters. The van der Waals surface area contributed by atoms with Gasteiger partial charge in [0.2, 0.25) is 0 Å². The Balaban J connectivity index is 2.29. The van der Waals surface area contributed by atoms with Crippen LogP contribution in [0.25, 0.3) is 0 Å². The molecule has 1 aliphatic carbocycles. The highest BCUT2D eigenvalue weighted by molar-refractivity contribution is 6.00. The van der Waals surface area contributed by atoms with Crippen LogP contribution in [0.4, 0.5) is 5.69 Å². The third-order valence-electron chi connectivity index (χ3n) is 3.22. The number of nitrogens with one attached hydrogen (secondary N) is 1. The highest BCUT2D eigenvalue weighted by Gasteiger charge is 2.39. The summed E-state index contributed by atoms with van der Waals surface area (Å²) in [6.07, 6.45) is 2.01. The maximum atomic E-state index is 12.1. The maximum Gasteiger partial charge on any atom is 0.253 e. The Morgan fingerprint density at radius 3 is 2.33 bits per heavy atom. The second kappa shape index (κ2) is 4.40. The normalized spacial score (nSPS) is 15.9. The topological polar surface area (TPSA) is 73.6 Å². The quantitative estimate of drug-likeness (QED) is 0.795. The molecule has 1 saturated carbocycles. The van der Waals surface area contributed by atoms with Crippen molar-refractivity contribution >= 4 is 11.6 Å². The first-order chi connectivity index (χ1) is 8.49. The zero-order chi connectivity index (χ0) is 13.3. The van der Waals surface area contributed by atoms with E-state index in [1.807, 2.05) is 6.92 Å². The maximum absolute atomic E-state index is 12.1. The number of hydrogen-bond donors (Lipinski definition) is 2. The summed E-state index contributed by atoms with van der Waals surface area (Å²) >= 11 is 0. The molecule has 1 aromatic carbocycles. The van der Waals surface area contributed by atoms with Gasteiger partial charge < -0.3 is 20.5 Å². The van der Waals surface area contributed by atoms with Gasteiger partial charge in [0.1, 0.15) is 0 Å². The Morgan fingerprint density at radius 1 is 1.28 bits per heavy atom. The molecule has 0 aliphatic heterocycles. The van der Waals surface area contributed by atoms with Crippen LogP contribution in [0.3, 0.4) is 0 Å². The van der Waals surface area contributed by atoms with Gasteiger partial charge >= 0.3 is 0 Å². The molecule has 98 valence electrons. The van der Waals surface area contributed by atoms with E-state index in [4.69, 9.17) is 15.2 Å². The molecular weight excluding hydrogens is 232 g/mol. The number of anilines is 1. The predicted molar refractivity (Wildman–Crippen MR) is 69.1 cm³/mol. The van der Waals surface area contributed by atoms with Gasteiger partial charge in [-0.3, -0.25) is 4.79 Å². The van der Waals surface area contributed by atoms with Crippen molar-refractivity contribution in [2.24, 2.45) is 0 Å². The Morgan fingerprint density at radius 2 is 1.83 bits per heavy atom. The van der Waals surface area contributed by atoms with E-state index < -0.39 is 0 Å². The minimum atomic E-state index is -0.173. The van der Waals surface area contributed by atoms with Gasteiger partial charge in [-0.05, 0) is 25.8 Å². The SMILES string of the molecule is COc1cc(N)c(C(=O)NC2(C)CC2)cc1OC. The van der Waals surface area contributed by atoms with Crippen LogP contribution in [-0.2, 0) is 0 Å². The molecule has 1 amide bonds. The Kier molecular flexibility index (Phi) is 3.07. The Hall–Kier alpha value is -1.91. The van der Waals surface area contributed by atoms with E-state index in [0.29, 0.717) is 22.7 Å². The second-order valence-electron chi connectivity index (χ2n) is 4.81. The zero-order valence-corrected chi connectivity index (χ0v) is 10.9. The van der Waals surface area contributed by atoms with Crippen LogP contribution in [-0.4, -0.2) is 25.7 Å². The first kappa shape index (κ1) is 12.5. The van der Waals surface area contributed by atoms with Crippen LogP contribution < -0.4 is 20.5 Å². The molecule has 0 atom stereocenters. The van der Waals surface area contributed by atoms with Crippen molar-refractivity contribution in [2.45, 2.75) is 25.3 Å². The van der Waals surface area contributed by atoms with E-state index in [1.165, 1.54) is 14.2 Å². The van der Waals surface area contributed by atoms with Gasteiger partial charge in [0.05, 0.1) is 19.8 Å². The summed E-state index contributed by atoms with van der Waals surface area (Å²) in [5, 5.41) is 2.96. The first-order valence-electron chi connectivity index (χ1n) is 5.83. The molecule has 18 heavy (non-hydrogen) atoms. The van der Waals surface area contributed by atoms with E-state index in [2.05, 4.69) is 5.32 Å². The summed E-state index contributed by atoms with van der Waals surface area (Å²) in [4.78, 5) is 12.1. The lowest BCUT2D eigenvalue weighted by Gasteiger charge is -2.15. The molecule has 1 fully saturated rings. The lowest BCUT2D eigenvalue weighted by Crippen LogP contribution is -2.34. The van der Waals surface area contributed by atoms with Crippen LogP contribution in [0.15, 0.2) is 12.1 Å². The molecule has 1 aliphatic rings. The van der Waals surface area contributed by atoms with E-state index in [9.17, 15) is 4.79 Å². The summed E-state index contributed by atoms with van der Waals surface area (Å²) < 4.78 is 10.3. The van der Waals surface area contributed by atoms with Crippen molar-refractivity contribution < 1.29 is 14.3 Å². The summed E-state index contributed by atoms with van der Waals surface area (Å²) in [6.45, 7) is 2.02. The summed E-state index contributed by atoms with van der Waals surface area (Å²) in [7, 11) is 3.06. The minimum absolute atomic E-state index is 0.0727. The number of ether oxygens (including phenoxy) is 2. The number of rotatable bonds is 4. The molecular formula is C13H18N2O3. The van der Waals surface area contributed by atoms with Gasteiger partial charge in [0, 0.05) is 17.3 Å². The highest BCUT2D eigenvalue weighted by Crippen LogP contribution is 2.36. The molecule has 0 radical (unpaired) electrons. The van der Waals surface area contributed by atoms with Gasteiger partial charge in [-0.15, -0.1) is 0 Å². The molecule has 0 saturated heterocycles. The molecule has 0 bridgehead atoms. The molecule has 5 nitrogen and oxygen atoms in total. The van der Waals surface area contributed by atoms with Gasteiger partial charge in [-0.1, -0.05) is 0 Å². The van der Waals surface area contributed by atoms with Crippen molar-refractivity contribution in [3.8, 4) is 11.5 Å². The van der Waals surface area contributed by atoms with Gasteiger partial charge in [-0.25, -0.2) is 0 Å². The number of carbonyl (C=O) groups excluding carboxylic acids is 1. The third kappa shape index (κ3) is 2.34. The Bertz CT molecular complexity index is 481. The number of benzene rings is 1. The monoisotopic (exact) mass is 250 g/mol. The number of methoxy groups -OCH3 is 2. The van der Waals surface area contributed by atoms with E-state index in [0.717, 1.165) is 12.8 Å². The molecule has 1 aromatic rings. The fourth-order valence-electron chi connectivity index (χ4n) is 1.75. The number of hydrogen-bond acceptors (Lipinski definition) is 4. The van der Waals surface area contributed by atoms with Crippen LogP contribution in [0.5, 0.6) is 11.5 Å². The lowest BCUT2D eigenvalue weighted by atomic mass is 10.1. The van der Waals surface area contributed by atoms with Crippen LogP contribution in [0.1, 0.15) is 30.1 Å². The molecule has 5 heteroatoms. The van der Waals surface area contributed by atoms with Crippen molar-refractivity contribution in [1.29, 1.82) is 0 Å². The second-order valence-corrected chi connectivity index (χ2v) is 4.81. The lowest BCUT2D eigenvalue weighted by molar-refractivity contribution is 0.0936. The van der Waals surface area contributed by atoms with E-state index >= 15 is 0 Å². The molecule has 0 aromatic heterocycles. The molecule has 3 N–H and O–H groups in total. The van der Waals surface area contributed by atoms with Crippen LogP contribution in [0, 0.1) is 0 Å². The molecule has 0 heterocycles. The van der Waals surface area contributed by atoms with E-state index in [-0.39, 0.29) is 11.4 Å². The number of carbonyl (C=O) groups is 1. The van der Waals surface area contributed by atoms with Crippen molar-refractivity contribution in [2.75, 3.05) is 20.0 Å². The van der Waals surface area contributed by atoms with Crippen molar-refractivity contribution in [3.05, 3.63) is 17.7 Å².